The van der Waals surface area contributed by atoms with Gasteiger partial charge in [0.25, 0.3) is 5.69 Å². The second kappa shape index (κ2) is 5.44. The molecule has 2 unspecified atom stereocenters. The van der Waals surface area contributed by atoms with E-state index < -0.39 is 4.92 Å². The normalized spacial score (nSPS) is 25.4. The number of amides is 1. The molecule has 1 aliphatic heterocycles. The zero-order valence-corrected chi connectivity index (χ0v) is 12.0. The Balaban J connectivity index is 1.88. The molecule has 1 aliphatic carbocycles. The second-order valence-electron chi connectivity index (χ2n) is 5.82. The van der Waals surface area contributed by atoms with Crippen molar-refractivity contribution in [2.75, 3.05) is 6.54 Å². The summed E-state index contributed by atoms with van der Waals surface area (Å²) in [6.45, 7) is 2.72. The molecule has 1 amide bonds. The summed E-state index contributed by atoms with van der Waals surface area (Å²) in [5.74, 6) is 0.702. The van der Waals surface area contributed by atoms with Gasteiger partial charge >= 0.3 is 0 Å². The minimum Gasteiger partial charge on any atom is -0.321 e. The molecule has 1 aromatic carbocycles. The number of non-ortho nitro benzene ring substituents is 1. The molecule has 0 aromatic heterocycles. The number of rotatable bonds is 5. The van der Waals surface area contributed by atoms with Crippen LogP contribution in [0.15, 0.2) is 24.3 Å². The molecule has 1 aromatic rings. The molecule has 1 saturated carbocycles. The van der Waals surface area contributed by atoms with Crippen LogP contribution in [-0.4, -0.2) is 28.3 Å². The highest BCUT2D eigenvalue weighted by molar-refractivity contribution is 5.84. The topological polar surface area (TPSA) is 75.5 Å². The van der Waals surface area contributed by atoms with Crippen molar-refractivity contribution >= 4 is 11.6 Å². The molecule has 3 rings (SSSR count). The molecule has 112 valence electrons. The van der Waals surface area contributed by atoms with E-state index in [1.165, 1.54) is 18.9 Å². The van der Waals surface area contributed by atoms with Gasteiger partial charge in [0.2, 0.25) is 5.91 Å². The van der Waals surface area contributed by atoms with Gasteiger partial charge in [0, 0.05) is 18.7 Å². The predicted octanol–water partition coefficient (Wildman–Crippen LogP) is 2.21. The van der Waals surface area contributed by atoms with E-state index in [4.69, 9.17) is 0 Å². The number of nitro groups is 1. The van der Waals surface area contributed by atoms with Crippen LogP contribution in [0.1, 0.15) is 37.9 Å². The summed E-state index contributed by atoms with van der Waals surface area (Å²) in [7, 11) is 0. The van der Waals surface area contributed by atoms with Gasteiger partial charge in [-0.15, -0.1) is 0 Å². The first kappa shape index (κ1) is 14.0. The standard InChI is InChI=1S/C15H19N3O3/c1-2-13-15(19)17(9-10-6-7-10)14(16-13)11-4-3-5-12(8-11)18(20)21/h3-5,8,10,13-14,16H,2,6-7,9H2,1H3. The molecule has 0 radical (unpaired) electrons. The average molecular weight is 289 g/mol. The highest BCUT2D eigenvalue weighted by Gasteiger charge is 2.41. The number of hydrogen-bond acceptors (Lipinski definition) is 4. The van der Waals surface area contributed by atoms with E-state index in [9.17, 15) is 14.9 Å². The van der Waals surface area contributed by atoms with Crippen LogP contribution in [0.25, 0.3) is 0 Å². The summed E-state index contributed by atoms with van der Waals surface area (Å²) in [4.78, 5) is 24.8. The molecule has 2 atom stereocenters. The average Bonchev–Trinajstić information content (AvgIpc) is 3.24. The van der Waals surface area contributed by atoms with Crippen LogP contribution in [0, 0.1) is 16.0 Å². The number of carbonyl (C=O) groups excluding carboxylic acids is 1. The molecule has 0 bridgehead atoms. The molecule has 1 heterocycles. The fraction of sp³-hybridized carbons (Fsp3) is 0.533. The lowest BCUT2D eigenvalue weighted by molar-refractivity contribution is -0.385. The Morgan fingerprint density at radius 1 is 1.43 bits per heavy atom. The van der Waals surface area contributed by atoms with Crippen molar-refractivity contribution in [3.8, 4) is 0 Å². The fourth-order valence-corrected chi connectivity index (χ4v) is 2.83. The van der Waals surface area contributed by atoms with Crippen molar-refractivity contribution in [1.82, 2.24) is 10.2 Å². The molecule has 2 fully saturated rings. The maximum absolute atomic E-state index is 12.4. The SMILES string of the molecule is CCC1NC(c2cccc([N+](=O)[O-])c2)N(CC2CC2)C1=O. The first-order chi connectivity index (χ1) is 10.1. The maximum Gasteiger partial charge on any atom is 0.269 e. The Morgan fingerprint density at radius 3 is 2.81 bits per heavy atom. The van der Waals surface area contributed by atoms with Crippen molar-refractivity contribution in [2.24, 2.45) is 5.92 Å². The fourth-order valence-electron chi connectivity index (χ4n) is 2.83. The lowest BCUT2D eigenvalue weighted by atomic mass is 10.1. The first-order valence-corrected chi connectivity index (χ1v) is 7.41. The predicted molar refractivity (Wildman–Crippen MR) is 77.5 cm³/mol. The minimum absolute atomic E-state index is 0.0630. The molecule has 1 N–H and O–H groups in total. The lowest BCUT2D eigenvalue weighted by Crippen LogP contribution is -2.32. The van der Waals surface area contributed by atoms with Crippen LogP contribution in [0.5, 0.6) is 0 Å². The first-order valence-electron chi connectivity index (χ1n) is 7.41. The van der Waals surface area contributed by atoms with Crippen molar-refractivity contribution in [3.05, 3.63) is 39.9 Å². The second-order valence-corrected chi connectivity index (χ2v) is 5.82. The molecule has 6 nitrogen and oxygen atoms in total. The number of benzene rings is 1. The van der Waals surface area contributed by atoms with Crippen LogP contribution >= 0.6 is 0 Å². The zero-order chi connectivity index (χ0) is 15.0. The van der Waals surface area contributed by atoms with Crippen molar-refractivity contribution < 1.29 is 9.72 Å². The van der Waals surface area contributed by atoms with Gasteiger partial charge < -0.3 is 4.90 Å². The monoisotopic (exact) mass is 289 g/mol. The quantitative estimate of drug-likeness (QED) is 0.666. The largest absolute Gasteiger partial charge is 0.321 e. The summed E-state index contributed by atoms with van der Waals surface area (Å²) < 4.78 is 0. The van der Waals surface area contributed by atoms with Gasteiger partial charge in [-0.1, -0.05) is 19.1 Å². The molecular weight excluding hydrogens is 270 g/mol. The highest BCUT2D eigenvalue weighted by Crippen LogP contribution is 2.35. The third-order valence-electron chi connectivity index (χ3n) is 4.21. The number of nitro benzene ring substituents is 1. The van der Waals surface area contributed by atoms with E-state index in [2.05, 4.69) is 5.32 Å². The minimum atomic E-state index is -0.400. The van der Waals surface area contributed by atoms with Crippen LogP contribution in [0.3, 0.4) is 0 Å². The van der Waals surface area contributed by atoms with E-state index in [1.807, 2.05) is 17.9 Å². The molecule has 2 aliphatic rings. The summed E-state index contributed by atoms with van der Waals surface area (Å²) in [6, 6.07) is 6.36. The summed E-state index contributed by atoms with van der Waals surface area (Å²) in [5.41, 5.74) is 0.849. The summed E-state index contributed by atoms with van der Waals surface area (Å²) in [5, 5.41) is 14.2. The van der Waals surface area contributed by atoms with E-state index in [-0.39, 0.29) is 23.8 Å². The third kappa shape index (κ3) is 2.76. The smallest absolute Gasteiger partial charge is 0.269 e. The van der Waals surface area contributed by atoms with E-state index in [0.717, 1.165) is 18.5 Å². The van der Waals surface area contributed by atoms with E-state index >= 15 is 0 Å². The third-order valence-corrected chi connectivity index (χ3v) is 4.21. The van der Waals surface area contributed by atoms with Gasteiger partial charge in [-0.2, -0.15) is 0 Å². The van der Waals surface area contributed by atoms with Gasteiger partial charge in [0.1, 0.15) is 6.17 Å². The van der Waals surface area contributed by atoms with Crippen LogP contribution in [-0.2, 0) is 4.79 Å². The van der Waals surface area contributed by atoms with Crippen molar-refractivity contribution in [1.29, 1.82) is 0 Å². The molecular formula is C15H19N3O3. The Hall–Kier alpha value is -1.95. The number of nitrogens with zero attached hydrogens (tertiary/aromatic N) is 2. The lowest BCUT2D eigenvalue weighted by Gasteiger charge is -2.24. The zero-order valence-electron chi connectivity index (χ0n) is 12.0. The van der Waals surface area contributed by atoms with Crippen molar-refractivity contribution in [2.45, 2.75) is 38.4 Å². The van der Waals surface area contributed by atoms with Crippen LogP contribution in [0.4, 0.5) is 5.69 Å². The van der Waals surface area contributed by atoms with Crippen LogP contribution in [0.2, 0.25) is 0 Å². The molecule has 1 saturated heterocycles. The summed E-state index contributed by atoms with van der Waals surface area (Å²) in [6.07, 6.45) is 2.82. The highest BCUT2D eigenvalue weighted by atomic mass is 16.6. The van der Waals surface area contributed by atoms with E-state index in [1.54, 1.807) is 12.1 Å². The number of hydrogen-bond donors (Lipinski definition) is 1. The van der Waals surface area contributed by atoms with Gasteiger partial charge in [0.05, 0.1) is 11.0 Å². The summed E-state index contributed by atoms with van der Waals surface area (Å²) >= 11 is 0. The van der Waals surface area contributed by atoms with Gasteiger partial charge in [-0.25, -0.2) is 0 Å². The Morgan fingerprint density at radius 2 is 2.19 bits per heavy atom. The van der Waals surface area contributed by atoms with Gasteiger partial charge in [-0.05, 0) is 30.7 Å². The number of carbonyl (C=O) groups is 1. The van der Waals surface area contributed by atoms with Gasteiger partial charge in [-0.3, -0.25) is 20.2 Å². The molecule has 6 heteroatoms. The van der Waals surface area contributed by atoms with Crippen LogP contribution < -0.4 is 5.32 Å². The Bertz CT molecular complexity index is 571. The Kier molecular flexibility index (Phi) is 3.63. The number of nitrogens with one attached hydrogen (secondary N) is 1. The van der Waals surface area contributed by atoms with E-state index in [0.29, 0.717) is 5.92 Å². The Labute approximate surface area is 123 Å². The van der Waals surface area contributed by atoms with Crippen molar-refractivity contribution in [3.63, 3.8) is 0 Å². The molecule has 21 heavy (non-hydrogen) atoms. The van der Waals surface area contributed by atoms with Gasteiger partial charge in [0.15, 0.2) is 0 Å². The maximum atomic E-state index is 12.4. The molecule has 0 spiro atoms.